The number of aliphatic hydroxyl groups is 1. The summed E-state index contributed by atoms with van der Waals surface area (Å²) in [5.74, 6) is 0.548. The van der Waals surface area contributed by atoms with Gasteiger partial charge in [-0.15, -0.1) is 0 Å². The molecule has 1 N–H and O–H groups in total. The minimum Gasteiger partial charge on any atom is -0.396 e. The Morgan fingerprint density at radius 3 is 2.71 bits per heavy atom. The highest BCUT2D eigenvalue weighted by Crippen LogP contribution is 2.51. The zero-order valence-corrected chi connectivity index (χ0v) is 17.6. The quantitative estimate of drug-likeness (QED) is 0.692. The van der Waals surface area contributed by atoms with E-state index in [0.29, 0.717) is 17.1 Å². The van der Waals surface area contributed by atoms with Crippen LogP contribution in [-0.2, 0) is 6.42 Å². The van der Waals surface area contributed by atoms with Crippen LogP contribution in [0.15, 0.2) is 61.1 Å². The zero-order valence-electron chi connectivity index (χ0n) is 17.6. The van der Waals surface area contributed by atoms with Crippen LogP contribution >= 0.6 is 0 Å². The molecule has 0 radical (unpaired) electrons. The average molecular weight is 415 g/mol. The van der Waals surface area contributed by atoms with Crippen LogP contribution in [0.25, 0.3) is 11.4 Å². The van der Waals surface area contributed by atoms with Gasteiger partial charge in [-0.2, -0.15) is 0 Å². The van der Waals surface area contributed by atoms with E-state index in [1.165, 1.54) is 5.56 Å². The van der Waals surface area contributed by atoms with Crippen LogP contribution in [0, 0.1) is 12.3 Å². The molecule has 2 saturated heterocycles. The predicted octanol–water partition coefficient (Wildman–Crippen LogP) is 3.45. The second-order valence-corrected chi connectivity index (χ2v) is 8.78. The van der Waals surface area contributed by atoms with Crippen LogP contribution in [0.3, 0.4) is 0 Å². The summed E-state index contributed by atoms with van der Waals surface area (Å²) in [4.78, 5) is 28.7. The lowest BCUT2D eigenvalue weighted by molar-refractivity contribution is 0.0570. The van der Waals surface area contributed by atoms with Crippen molar-refractivity contribution >= 4 is 5.91 Å². The Bertz CT molecular complexity index is 1090. The average Bonchev–Trinajstić information content (AvgIpc) is 3.36. The van der Waals surface area contributed by atoms with E-state index < -0.39 is 0 Å². The number of aliphatic hydroxyl groups excluding tert-OH is 1. The lowest BCUT2D eigenvalue weighted by Crippen LogP contribution is -2.44. The Hall–Kier alpha value is -3.12. The van der Waals surface area contributed by atoms with Gasteiger partial charge in [0.25, 0.3) is 5.91 Å². The molecule has 2 aliphatic rings. The number of fused-ring (bicyclic) bond motifs is 2. The largest absolute Gasteiger partial charge is 0.396 e. The van der Waals surface area contributed by atoms with Crippen molar-refractivity contribution < 1.29 is 9.90 Å². The molecule has 0 spiro atoms. The van der Waals surface area contributed by atoms with Gasteiger partial charge in [0, 0.05) is 41.7 Å². The first-order valence-electron chi connectivity index (χ1n) is 10.8. The van der Waals surface area contributed by atoms with E-state index in [1.807, 2.05) is 42.2 Å². The molecule has 1 aromatic carbocycles. The van der Waals surface area contributed by atoms with Crippen molar-refractivity contribution in [1.29, 1.82) is 0 Å². The van der Waals surface area contributed by atoms with Crippen LogP contribution in [-0.4, -0.2) is 49.6 Å². The van der Waals surface area contributed by atoms with Gasteiger partial charge >= 0.3 is 0 Å². The monoisotopic (exact) mass is 414 g/mol. The first-order valence-corrected chi connectivity index (χ1v) is 10.8. The minimum atomic E-state index is -0.287. The number of carbonyl (C=O) groups is 1. The highest BCUT2D eigenvalue weighted by atomic mass is 16.3. The summed E-state index contributed by atoms with van der Waals surface area (Å²) in [5, 5.41) is 10.4. The van der Waals surface area contributed by atoms with Crippen molar-refractivity contribution in [3.63, 3.8) is 0 Å². The molecule has 6 heteroatoms. The molecule has 0 aliphatic carbocycles. The fourth-order valence-corrected chi connectivity index (χ4v) is 5.47. The molecule has 0 saturated carbocycles. The maximum absolute atomic E-state index is 13.6. The Balaban J connectivity index is 1.42. The standard InChI is InChI=1S/C25H26N4O2/c1-17-21(15-27-23(28-17)19-8-5-11-26-14-19)24(31)29-20-9-10-22(29)25(13-20,16-30)12-18-6-3-2-4-7-18/h2-8,11,14-15,20,22,30H,9-10,12-13,16H2,1H3/t20-,22+,25-/m0/s1. The number of nitrogens with zero attached hydrogens (tertiary/aromatic N) is 4. The van der Waals surface area contributed by atoms with Crippen molar-refractivity contribution in [2.24, 2.45) is 5.41 Å². The van der Waals surface area contributed by atoms with Crippen molar-refractivity contribution in [3.8, 4) is 11.4 Å². The number of amides is 1. The molecule has 31 heavy (non-hydrogen) atoms. The van der Waals surface area contributed by atoms with Gasteiger partial charge in [-0.1, -0.05) is 30.3 Å². The van der Waals surface area contributed by atoms with Crippen molar-refractivity contribution in [1.82, 2.24) is 19.9 Å². The SMILES string of the molecule is Cc1nc(-c2cccnc2)ncc1C(=O)N1[C@H]2CC[C@@H]1[C@@](CO)(Cc1ccccc1)C2. The summed E-state index contributed by atoms with van der Waals surface area (Å²) in [7, 11) is 0. The fourth-order valence-electron chi connectivity index (χ4n) is 5.47. The third-order valence-electron chi connectivity index (χ3n) is 6.93. The van der Waals surface area contributed by atoms with E-state index >= 15 is 0 Å². The highest BCUT2D eigenvalue weighted by Gasteiger charge is 2.57. The molecule has 3 atom stereocenters. The van der Waals surface area contributed by atoms with E-state index in [2.05, 4.69) is 27.1 Å². The number of aryl methyl sites for hydroxylation is 1. The van der Waals surface area contributed by atoms with Gasteiger partial charge in [-0.25, -0.2) is 9.97 Å². The minimum absolute atomic E-state index is 0.0221. The molecule has 1 amide bonds. The van der Waals surface area contributed by atoms with Gasteiger partial charge in [-0.05, 0) is 50.3 Å². The maximum atomic E-state index is 13.6. The highest BCUT2D eigenvalue weighted by molar-refractivity contribution is 5.96. The van der Waals surface area contributed by atoms with Gasteiger partial charge in [-0.3, -0.25) is 9.78 Å². The Morgan fingerprint density at radius 1 is 1.16 bits per heavy atom. The van der Waals surface area contributed by atoms with E-state index in [9.17, 15) is 9.90 Å². The summed E-state index contributed by atoms with van der Waals surface area (Å²) in [6.45, 7) is 1.94. The number of aromatic nitrogens is 3. The number of pyridine rings is 1. The molecule has 3 aromatic rings. The molecular weight excluding hydrogens is 388 g/mol. The first-order chi connectivity index (χ1) is 15.1. The fraction of sp³-hybridized carbons (Fsp3) is 0.360. The van der Waals surface area contributed by atoms with Crippen molar-refractivity contribution in [2.75, 3.05) is 6.61 Å². The molecule has 2 aliphatic heterocycles. The predicted molar refractivity (Wildman–Crippen MR) is 117 cm³/mol. The number of benzene rings is 1. The molecular formula is C25H26N4O2. The Labute approximate surface area is 182 Å². The summed E-state index contributed by atoms with van der Waals surface area (Å²) >= 11 is 0. The van der Waals surface area contributed by atoms with Crippen LogP contribution < -0.4 is 0 Å². The smallest absolute Gasteiger partial charge is 0.257 e. The Kier molecular flexibility index (Phi) is 5.02. The summed E-state index contributed by atoms with van der Waals surface area (Å²) < 4.78 is 0. The molecule has 158 valence electrons. The van der Waals surface area contributed by atoms with E-state index in [1.54, 1.807) is 18.6 Å². The third-order valence-corrected chi connectivity index (χ3v) is 6.93. The second kappa shape index (κ2) is 7.85. The molecule has 2 bridgehead atoms. The molecule has 6 nitrogen and oxygen atoms in total. The molecule has 2 aromatic heterocycles. The van der Waals surface area contributed by atoms with Gasteiger partial charge in [0.2, 0.25) is 0 Å². The lowest BCUT2D eigenvalue weighted by atomic mass is 9.70. The van der Waals surface area contributed by atoms with E-state index in [-0.39, 0.29) is 30.0 Å². The van der Waals surface area contributed by atoms with Gasteiger partial charge in [0.05, 0.1) is 17.9 Å². The first kappa shape index (κ1) is 19.8. The number of hydrogen-bond donors (Lipinski definition) is 1. The Morgan fingerprint density at radius 2 is 2.00 bits per heavy atom. The normalized spacial score (nSPS) is 24.5. The third kappa shape index (κ3) is 3.41. The lowest BCUT2D eigenvalue weighted by Gasteiger charge is -2.36. The van der Waals surface area contributed by atoms with Crippen molar-refractivity contribution in [2.45, 2.75) is 44.7 Å². The van der Waals surface area contributed by atoms with Crippen LogP contribution in [0.5, 0.6) is 0 Å². The number of carbonyl (C=O) groups excluding carboxylic acids is 1. The van der Waals surface area contributed by atoms with Gasteiger partial charge < -0.3 is 10.0 Å². The van der Waals surface area contributed by atoms with Gasteiger partial charge in [0.1, 0.15) is 0 Å². The van der Waals surface area contributed by atoms with Gasteiger partial charge in [0.15, 0.2) is 5.82 Å². The van der Waals surface area contributed by atoms with E-state index in [0.717, 1.165) is 31.2 Å². The van der Waals surface area contributed by atoms with Crippen LogP contribution in [0.1, 0.15) is 40.9 Å². The van der Waals surface area contributed by atoms with E-state index in [4.69, 9.17) is 0 Å². The molecule has 4 heterocycles. The summed E-state index contributed by atoms with van der Waals surface area (Å²) in [5.41, 5.74) is 2.95. The van der Waals surface area contributed by atoms with Crippen LogP contribution in [0.4, 0.5) is 0 Å². The second-order valence-electron chi connectivity index (χ2n) is 8.78. The summed E-state index contributed by atoms with van der Waals surface area (Å²) in [6, 6.07) is 14.2. The zero-order chi connectivity index (χ0) is 21.4. The maximum Gasteiger partial charge on any atom is 0.257 e. The van der Waals surface area contributed by atoms with Crippen molar-refractivity contribution in [3.05, 3.63) is 77.9 Å². The molecule has 0 unspecified atom stereocenters. The number of rotatable bonds is 5. The number of hydrogen-bond acceptors (Lipinski definition) is 5. The molecule has 5 rings (SSSR count). The summed E-state index contributed by atoms with van der Waals surface area (Å²) in [6.07, 6.45) is 8.60. The van der Waals surface area contributed by atoms with Crippen LogP contribution in [0.2, 0.25) is 0 Å². The molecule has 2 fully saturated rings. The topological polar surface area (TPSA) is 79.2 Å².